The highest BCUT2D eigenvalue weighted by Crippen LogP contribution is 2.45. The monoisotopic (exact) mass is 1420 g/mol. The minimum atomic E-state index is -4.96. The standard InChI is InChI=1S/C78H152O17P2/c1-6-9-12-15-18-21-22-23-24-25-26-27-28-29-30-33-37-40-44-49-54-59-64-78(83)95-74(68-89-76(81)62-57-52-47-43-39-36-34-31-32-35-38-42-45-50-55-60-71(4)5)70-93-97(86,87)91-66-72(79)65-90-96(84,85)92-69-73(67-88-75(80)61-56-51-46-20-17-14-11-8-3)94-77(82)63-58-53-48-41-19-16-13-10-7-2/h71-74,79H,6-70H2,1-5H3,(H,84,85)(H,86,87)/t72-,73+,74+/m0/s1. The van der Waals surface area contributed by atoms with Crippen molar-refractivity contribution < 1.29 is 80.2 Å². The normalized spacial score (nSPS) is 13.9. The zero-order valence-electron chi connectivity index (χ0n) is 63.2. The second kappa shape index (κ2) is 71.1. The summed E-state index contributed by atoms with van der Waals surface area (Å²) in [6, 6.07) is 0. The molecule has 0 radical (unpaired) electrons. The first-order valence-corrected chi connectivity index (χ1v) is 43.6. The smallest absolute Gasteiger partial charge is 0.462 e. The van der Waals surface area contributed by atoms with E-state index in [-0.39, 0.29) is 25.7 Å². The summed E-state index contributed by atoms with van der Waals surface area (Å²) < 4.78 is 68.4. The minimum Gasteiger partial charge on any atom is -0.462 e. The molecule has 17 nitrogen and oxygen atoms in total. The van der Waals surface area contributed by atoms with E-state index >= 15 is 0 Å². The molecule has 0 aliphatic rings. The van der Waals surface area contributed by atoms with Gasteiger partial charge in [-0.3, -0.25) is 37.3 Å². The maximum Gasteiger partial charge on any atom is 0.472 e. The minimum absolute atomic E-state index is 0.106. The Morgan fingerprint density at radius 3 is 0.701 bits per heavy atom. The summed E-state index contributed by atoms with van der Waals surface area (Å²) in [5, 5.41) is 10.6. The molecule has 0 saturated carbocycles. The van der Waals surface area contributed by atoms with Crippen LogP contribution in [0.1, 0.15) is 413 Å². The van der Waals surface area contributed by atoms with Crippen molar-refractivity contribution in [1.29, 1.82) is 0 Å². The molecule has 0 heterocycles. The molecule has 0 fully saturated rings. The van der Waals surface area contributed by atoms with Crippen LogP contribution in [0.3, 0.4) is 0 Å². The average Bonchev–Trinajstić information content (AvgIpc) is 1.57. The van der Waals surface area contributed by atoms with Crippen LogP contribution in [0.5, 0.6) is 0 Å². The largest absolute Gasteiger partial charge is 0.472 e. The van der Waals surface area contributed by atoms with Crippen molar-refractivity contribution in [3.05, 3.63) is 0 Å². The molecule has 0 aliphatic carbocycles. The fraction of sp³-hybridized carbons (Fsp3) is 0.949. The van der Waals surface area contributed by atoms with Crippen LogP contribution in [-0.2, 0) is 65.4 Å². The van der Waals surface area contributed by atoms with Gasteiger partial charge in [-0.15, -0.1) is 0 Å². The maximum absolute atomic E-state index is 13.1. The number of carbonyl (C=O) groups excluding carboxylic acids is 4. The number of phosphoric acid groups is 2. The fourth-order valence-corrected chi connectivity index (χ4v) is 13.6. The molecule has 5 atom stereocenters. The Hall–Kier alpha value is -1.94. The first-order valence-electron chi connectivity index (χ1n) is 40.6. The van der Waals surface area contributed by atoms with Gasteiger partial charge in [0.25, 0.3) is 0 Å². The molecule has 576 valence electrons. The van der Waals surface area contributed by atoms with E-state index in [1.165, 1.54) is 231 Å². The van der Waals surface area contributed by atoms with Gasteiger partial charge in [0.05, 0.1) is 26.4 Å². The molecule has 0 amide bonds. The van der Waals surface area contributed by atoms with Crippen LogP contribution >= 0.6 is 15.6 Å². The lowest BCUT2D eigenvalue weighted by atomic mass is 10.0. The number of rotatable bonds is 78. The van der Waals surface area contributed by atoms with Crippen LogP contribution in [0.15, 0.2) is 0 Å². The molecule has 97 heavy (non-hydrogen) atoms. The lowest BCUT2D eigenvalue weighted by molar-refractivity contribution is -0.161. The molecule has 0 spiro atoms. The van der Waals surface area contributed by atoms with Gasteiger partial charge in [-0.2, -0.15) is 0 Å². The van der Waals surface area contributed by atoms with E-state index in [0.717, 1.165) is 102 Å². The van der Waals surface area contributed by atoms with Crippen molar-refractivity contribution in [2.75, 3.05) is 39.6 Å². The van der Waals surface area contributed by atoms with Gasteiger partial charge in [0, 0.05) is 25.7 Å². The van der Waals surface area contributed by atoms with E-state index in [2.05, 4.69) is 34.6 Å². The van der Waals surface area contributed by atoms with Gasteiger partial charge < -0.3 is 33.8 Å². The van der Waals surface area contributed by atoms with Crippen LogP contribution in [-0.4, -0.2) is 96.7 Å². The Balaban J connectivity index is 5.14. The number of phosphoric ester groups is 2. The van der Waals surface area contributed by atoms with E-state index in [0.29, 0.717) is 25.7 Å². The van der Waals surface area contributed by atoms with E-state index in [4.69, 9.17) is 37.0 Å². The molecule has 2 unspecified atom stereocenters. The molecule has 0 saturated heterocycles. The number of aliphatic hydroxyl groups is 1. The topological polar surface area (TPSA) is 237 Å². The number of esters is 4. The molecule has 0 aromatic heterocycles. The van der Waals surface area contributed by atoms with Crippen molar-refractivity contribution in [3.63, 3.8) is 0 Å². The van der Waals surface area contributed by atoms with E-state index in [1.54, 1.807) is 0 Å². The van der Waals surface area contributed by atoms with E-state index in [9.17, 15) is 43.2 Å². The Morgan fingerprint density at radius 2 is 0.474 bits per heavy atom. The number of ether oxygens (including phenoxy) is 4. The van der Waals surface area contributed by atoms with Crippen molar-refractivity contribution in [2.45, 2.75) is 432 Å². The summed E-state index contributed by atoms with van der Waals surface area (Å²) in [5.74, 6) is -1.31. The van der Waals surface area contributed by atoms with Crippen LogP contribution in [0.2, 0.25) is 0 Å². The molecule has 0 aromatic carbocycles. The van der Waals surface area contributed by atoms with Gasteiger partial charge in [0.2, 0.25) is 0 Å². The summed E-state index contributed by atoms with van der Waals surface area (Å²) >= 11 is 0. The van der Waals surface area contributed by atoms with Gasteiger partial charge in [-0.1, -0.05) is 362 Å². The van der Waals surface area contributed by atoms with Gasteiger partial charge in [0.1, 0.15) is 19.3 Å². The molecular weight excluding hydrogens is 1270 g/mol. The maximum atomic E-state index is 13.1. The highest BCUT2D eigenvalue weighted by molar-refractivity contribution is 7.47. The number of hydrogen-bond donors (Lipinski definition) is 3. The Labute approximate surface area is 594 Å². The fourth-order valence-electron chi connectivity index (χ4n) is 12.1. The summed E-state index contributed by atoms with van der Waals surface area (Å²) in [6.45, 7) is 7.28. The zero-order valence-corrected chi connectivity index (χ0v) is 65.0. The van der Waals surface area contributed by atoms with Crippen molar-refractivity contribution in [2.24, 2.45) is 5.92 Å². The van der Waals surface area contributed by atoms with Gasteiger partial charge in [-0.05, 0) is 31.6 Å². The van der Waals surface area contributed by atoms with E-state index in [1.807, 2.05) is 0 Å². The number of carbonyl (C=O) groups is 4. The van der Waals surface area contributed by atoms with Crippen molar-refractivity contribution in [3.8, 4) is 0 Å². The number of aliphatic hydroxyl groups excluding tert-OH is 1. The third-order valence-electron chi connectivity index (χ3n) is 18.3. The average molecular weight is 1420 g/mol. The molecule has 19 heteroatoms. The SMILES string of the molecule is CCCCCCCCCCCCCCCCCCCCCCCCC(=O)O[C@H](COC(=O)CCCCCCCCCCCCCCCCCC(C)C)COP(=O)(O)OC[C@@H](O)COP(=O)(O)OC[C@@H](COC(=O)CCCCCCCCCC)OC(=O)CCCCCCCCCCC. The Kier molecular flexibility index (Phi) is 69.6. The van der Waals surface area contributed by atoms with Crippen LogP contribution in [0.4, 0.5) is 0 Å². The quantitative estimate of drug-likeness (QED) is 0.0222. The summed E-state index contributed by atoms with van der Waals surface area (Å²) in [5.41, 5.74) is 0. The highest BCUT2D eigenvalue weighted by Gasteiger charge is 2.30. The third-order valence-corrected chi connectivity index (χ3v) is 20.2. The predicted molar refractivity (Wildman–Crippen MR) is 395 cm³/mol. The Bertz CT molecular complexity index is 1860. The third kappa shape index (κ3) is 72.2. The molecule has 3 N–H and O–H groups in total. The first-order chi connectivity index (χ1) is 47.0. The summed E-state index contributed by atoms with van der Waals surface area (Å²) in [6.07, 6.45) is 61.4. The van der Waals surface area contributed by atoms with Gasteiger partial charge in [0.15, 0.2) is 12.2 Å². The second-order valence-corrected chi connectivity index (χ2v) is 31.5. The molecule has 0 aliphatic heterocycles. The molecule has 0 bridgehead atoms. The van der Waals surface area contributed by atoms with Gasteiger partial charge >= 0.3 is 39.5 Å². The molecule has 0 rings (SSSR count). The predicted octanol–water partition coefficient (Wildman–Crippen LogP) is 23.3. The zero-order chi connectivity index (χ0) is 71.2. The number of hydrogen-bond acceptors (Lipinski definition) is 15. The Morgan fingerprint density at radius 1 is 0.278 bits per heavy atom. The second-order valence-electron chi connectivity index (χ2n) is 28.6. The number of unbranched alkanes of at least 4 members (excludes halogenated alkanes) is 50. The van der Waals surface area contributed by atoms with E-state index < -0.39 is 97.5 Å². The summed E-state index contributed by atoms with van der Waals surface area (Å²) in [7, 11) is -9.90. The lowest BCUT2D eigenvalue weighted by Crippen LogP contribution is -2.30. The van der Waals surface area contributed by atoms with Gasteiger partial charge in [-0.25, -0.2) is 9.13 Å². The van der Waals surface area contributed by atoms with Crippen molar-refractivity contribution in [1.82, 2.24) is 0 Å². The van der Waals surface area contributed by atoms with Crippen LogP contribution in [0, 0.1) is 5.92 Å². The highest BCUT2D eigenvalue weighted by atomic mass is 31.2. The van der Waals surface area contributed by atoms with Crippen LogP contribution in [0.25, 0.3) is 0 Å². The summed E-state index contributed by atoms with van der Waals surface area (Å²) in [4.78, 5) is 72.7. The molecule has 0 aromatic rings. The van der Waals surface area contributed by atoms with Crippen LogP contribution < -0.4 is 0 Å². The van der Waals surface area contributed by atoms with Crippen molar-refractivity contribution >= 4 is 39.5 Å². The lowest BCUT2D eigenvalue weighted by Gasteiger charge is -2.21. The first kappa shape index (κ1) is 95.1. The molecular formula is C78H152O17P2.